The minimum atomic E-state index is -0.304. The molecule has 0 aliphatic heterocycles. The predicted molar refractivity (Wildman–Crippen MR) is 131 cm³/mol. The molecule has 1 atom stereocenters. The molecule has 0 saturated carbocycles. The summed E-state index contributed by atoms with van der Waals surface area (Å²) in [5.74, 6) is -0.145. The van der Waals surface area contributed by atoms with Gasteiger partial charge < -0.3 is 31.5 Å². The monoisotopic (exact) mass is 484 g/mol. The van der Waals surface area contributed by atoms with Crippen molar-refractivity contribution in [3.8, 4) is 0 Å². The van der Waals surface area contributed by atoms with Crippen LogP contribution < -0.4 is 26.6 Å². The van der Waals surface area contributed by atoms with Crippen LogP contribution in [-0.2, 0) is 19.2 Å². The number of urea groups is 1. The van der Waals surface area contributed by atoms with Crippen LogP contribution in [0.2, 0.25) is 0 Å². The van der Waals surface area contributed by atoms with Crippen LogP contribution in [-0.4, -0.2) is 86.8 Å². The van der Waals surface area contributed by atoms with Gasteiger partial charge in [0, 0.05) is 58.5 Å². The second-order valence-corrected chi connectivity index (χ2v) is 8.03. The molecule has 0 aromatic rings. The highest BCUT2D eigenvalue weighted by molar-refractivity contribution is 5.81. The number of nitrogens with zero attached hydrogens (tertiary/aromatic N) is 1. The molecule has 34 heavy (non-hydrogen) atoms. The number of hydrogen-bond acceptors (Lipinski definition) is 6. The van der Waals surface area contributed by atoms with Gasteiger partial charge in [0.15, 0.2) is 0 Å². The zero-order valence-corrected chi connectivity index (χ0v) is 21.3. The minimum absolute atomic E-state index is 0.0765. The van der Waals surface area contributed by atoms with E-state index in [1.54, 1.807) is 27.8 Å². The first-order valence-corrected chi connectivity index (χ1v) is 12.3. The van der Waals surface area contributed by atoms with E-state index in [-0.39, 0.29) is 35.6 Å². The average Bonchev–Trinajstić information content (AvgIpc) is 2.82. The van der Waals surface area contributed by atoms with Gasteiger partial charge in [-0.2, -0.15) is 0 Å². The highest BCUT2D eigenvalue weighted by atomic mass is 16.2. The van der Waals surface area contributed by atoms with Gasteiger partial charge in [-0.15, -0.1) is 0 Å². The average molecular weight is 485 g/mol. The zero-order chi connectivity index (χ0) is 25.8. The van der Waals surface area contributed by atoms with E-state index in [4.69, 9.17) is 0 Å². The predicted octanol–water partition coefficient (Wildman–Crippen LogP) is 0.294. The quantitative estimate of drug-likeness (QED) is 0.166. The minimum Gasteiger partial charge on any atom is -0.356 e. The maximum atomic E-state index is 12.5. The van der Waals surface area contributed by atoms with E-state index < -0.39 is 0 Å². The Bertz CT molecular complexity index is 621. The summed E-state index contributed by atoms with van der Waals surface area (Å²) in [6.07, 6.45) is 3.92. The number of amides is 5. The van der Waals surface area contributed by atoms with E-state index in [9.17, 15) is 24.0 Å². The second-order valence-electron chi connectivity index (χ2n) is 8.03. The lowest BCUT2D eigenvalue weighted by Crippen LogP contribution is -2.47. The van der Waals surface area contributed by atoms with Crippen molar-refractivity contribution in [1.29, 1.82) is 0 Å². The van der Waals surface area contributed by atoms with Gasteiger partial charge in [-0.25, -0.2) is 4.79 Å². The summed E-state index contributed by atoms with van der Waals surface area (Å²) in [7, 11) is 1.76. The summed E-state index contributed by atoms with van der Waals surface area (Å²) in [6, 6.07) is -0.439. The van der Waals surface area contributed by atoms with E-state index in [2.05, 4.69) is 26.6 Å². The largest absolute Gasteiger partial charge is 0.356 e. The number of likely N-dealkylation sites (N-methyl/N-ethyl adjacent to an activating group) is 1. The van der Waals surface area contributed by atoms with Crippen molar-refractivity contribution < 1.29 is 24.0 Å². The summed E-state index contributed by atoms with van der Waals surface area (Å²) < 4.78 is 0. The number of carbonyl (C=O) groups is 5. The Morgan fingerprint density at radius 2 is 1.24 bits per heavy atom. The number of unbranched alkanes of at least 4 members (excludes halogenated alkanes) is 1. The van der Waals surface area contributed by atoms with Crippen LogP contribution in [0.4, 0.5) is 4.79 Å². The number of hydrogen-bond donors (Lipinski definition) is 5. The standard InChI is InChI=1S/C23H44N6O5/c1-5-20(31)26-14-16-29(17-15-27-21(32)6-2)23(34)28-13-9-11-22(33)25-12-8-7-10-19(24-4)18(3)30/h19,24H,5-17H2,1-4H3,(H,25,33)(H,26,31)(H,27,32)(H,28,34). The number of Topliss-reactive ketones (excluding diaryl/α,β-unsaturated/α-hetero) is 1. The van der Waals surface area contributed by atoms with Gasteiger partial charge in [0.05, 0.1) is 6.04 Å². The molecule has 0 aromatic carbocycles. The molecule has 0 saturated heterocycles. The van der Waals surface area contributed by atoms with Gasteiger partial charge in [0.1, 0.15) is 5.78 Å². The number of ketones is 1. The van der Waals surface area contributed by atoms with Crippen LogP contribution in [0.15, 0.2) is 0 Å². The molecule has 0 radical (unpaired) electrons. The SMILES string of the molecule is CCC(=O)NCCN(CCNC(=O)CC)C(=O)NCCCC(=O)NCCCCC(NC)C(C)=O. The van der Waals surface area contributed by atoms with E-state index in [0.717, 1.165) is 19.3 Å². The van der Waals surface area contributed by atoms with Crippen molar-refractivity contribution in [3.05, 3.63) is 0 Å². The van der Waals surface area contributed by atoms with Crippen LogP contribution in [0, 0.1) is 0 Å². The number of nitrogens with one attached hydrogen (secondary N) is 5. The smallest absolute Gasteiger partial charge is 0.317 e. The molecule has 0 spiro atoms. The van der Waals surface area contributed by atoms with E-state index in [1.165, 1.54) is 4.90 Å². The summed E-state index contributed by atoms with van der Waals surface area (Å²) >= 11 is 0. The van der Waals surface area contributed by atoms with Crippen LogP contribution >= 0.6 is 0 Å². The molecule has 0 aliphatic carbocycles. The molecule has 11 nitrogen and oxygen atoms in total. The van der Waals surface area contributed by atoms with Crippen molar-refractivity contribution in [2.24, 2.45) is 0 Å². The van der Waals surface area contributed by atoms with Crippen LogP contribution in [0.3, 0.4) is 0 Å². The topological polar surface area (TPSA) is 149 Å². The molecule has 0 rings (SSSR count). The Morgan fingerprint density at radius 3 is 1.74 bits per heavy atom. The highest BCUT2D eigenvalue weighted by Crippen LogP contribution is 2.01. The third-order valence-electron chi connectivity index (χ3n) is 5.27. The Labute approximate surface area is 203 Å². The second kappa shape index (κ2) is 19.7. The maximum absolute atomic E-state index is 12.5. The van der Waals surface area contributed by atoms with Gasteiger partial charge >= 0.3 is 6.03 Å². The molecule has 5 amide bonds. The first-order chi connectivity index (χ1) is 16.2. The Morgan fingerprint density at radius 1 is 0.706 bits per heavy atom. The van der Waals surface area contributed by atoms with Gasteiger partial charge in [-0.1, -0.05) is 13.8 Å². The Kier molecular flexibility index (Phi) is 18.2. The van der Waals surface area contributed by atoms with Gasteiger partial charge in [-0.05, 0) is 39.7 Å². The molecular weight excluding hydrogens is 440 g/mol. The normalized spacial score (nSPS) is 11.3. The van der Waals surface area contributed by atoms with Crippen LogP contribution in [0.1, 0.15) is 65.7 Å². The molecule has 0 aromatic heterocycles. The third-order valence-corrected chi connectivity index (χ3v) is 5.27. The molecule has 11 heteroatoms. The van der Waals surface area contributed by atoms with Gasteiger partial charge in [-0.3, -0.25) is 19.2 Å². The maximum Gasteiger partial charge on any atom is 0.317 e. The fourth-order valence-corrected chi connectivity index (χ4v) is 3.12. The lowest BCUT2D eigenvalue weighted by Gasteiger charge is -2.23. The fraction of sp³-hybridized carbons (Fsp3) is 0.783. The molecule has 1 unspecified atom stereocenters. The number of rotatable bonds is 19. The van der Waals surface area contributed by atoms with E-state index >= 15 is 0 Å². The molecule has 0 bridgehead atoms. The molecule has 0 fully saturated rings. The van der Waals surface area contributed by atoms with Crippen molar-refractivity contribution in [1.82, 2.24) is 31.5 Å². The first-order valence-electron chi connectivity index (χ1n) is 12.3. The summed E-state index contributed by atoms with van der Waals surface area (Å²) in [4.78, 5) is 60.2. The zero-order valence-electron chi connectivity index (χ0n) is 21.3. The fourth-order valence-electron chi connectivity index (χ4n) is 3.12. The summed E-state index contributed by atoms with van der Waals surface area (Å²) in [6.45, 7) is 7.26. The summed E-state index contributed by atoms with van der Waals surface area (Å²) in [5.41, 5.74) is 0. The van der Waals surface area contributed by atoms with E-state index in [1.807, 2.05) is 0 Å². The van der Waals surface area contributed by atoms with Gasteiger partial charge in [0.25, 0.3) is 0 Å². The van der Waals surface area contributed by atoms with Gasteiger partial charge in [0.2, 0.25) is 17.7 Å². The highest BCUT2D eigenvalue weighted by Gasteiger charge is 2.14. The summed E-state index contributed by atoms with van der Waals surface area (Å²) in [5, 5.41) is 14.1. The Balaban J connectivity index is 4.19. The van der Waals surface area contributed by atoms with Crippen molar-refractivity contribution in [2.45, 2.75) is 71.8 Å². The number of carbonyl (C=O) groups excluding carboxylic acids is 5. The Hall–Kier alpha value is -2.69. The lowest BCUT2D eigenvalue weighted by molar-refractivity contribution is -0.121. The van der Waals surface area contributed by atoms with Crippen molar-refractivity contribution in [3.63, 3.8) is 0 Å². The van der Waals surface area contributed by atoms with Crippen molar-refractivity contribution in [2.75, 3.05) is 46.3 Å². The molecule has 0 heterocycles. The molecular formula is C23H44N6O5. The van der Waals surface area contributed by atoms with Crippen LogP contribution in [0.5, 0.6) is 0 Å². The molecule has 5 N–H and O–H groups in total. The molecule has 0 aliphatic rings. The first kappa shape index (κ1) is 31.3. The van der Waals surface area contributed by atoms with Crippen molar-refractivity contribution >= 4 is 29.5 Å². The van der Waals surface area contributed by atoms with Crippen LogP contribution in [0.25, 0.3) is 0 Å². The van der Waals surface area contributed by atoms with E-state index in [0.29, 0.717) is 65.0 Å². The molecule has 196 valence electrons. The lowest BCUT2D eigenvalue weighted by atomic mass is 10.1. The third kappa shape index (κ3) is 16.0.